The SMILES string of the molecule is Cn1cc(C(=O)N2CCCC2)cc(NC(=O)c2cccc(F)c2)c1=O. The number of amides is 2. The molecular weight excluding hydrogens is 325 g/mol. The van der Waals surface area contributed by atoms with E-state index in [1.54, 1.807) is 4.90 Å². The van der Waals surface area contributed by atoms with Crippen LogP contribution in [-0.2, 0) is 7.05 Å². The van der Waals surface area contributed by atoms with Gasteiger partial charge in [0.15, 0.2) is 0 Å². The zero-order valence-electron chi connectivity index (χ0n) is 13.8. The number of likely N-dealkylation sites (tertiary alicyclic amines) is 1. The first kappa shape index (κ1) is 16.9. The number of anilines is 1. The Morgan fingerprint density at radius 2 is 1.84 bits per heavy atom. The molecule has 0 spiro atoms. The summed E-state index contributed by atoms with van der Waals surface area (Å²) in [4.78, 5) is 38.7. The van der Waals surface area contributed by atoms with E-state index in [1.165, 1.54) is 42.1 Å². The first-order valence-corrected chi connectivity index (χ1v) is 8.02. The van der Waals surface area contributed by atoms with Crippen molar-refractivity contribution in [3.8, 4) is 0 Å². The van der Waals surface area contributed by atoms with E-state index in [0.29, 0.717) is 18.7 Å². The molecule has 6 nitrogen and oxygen atoms in total. The second kappa shape index (κ2) is 6.88. The number of pyridine rings is 1. The molecule has 0 atom stereocenters. The number of aromatic nitrogens is 1. The summed E-state index contributed by atoms with van der Waals surface area (Å²) in [5, 5.41) is 2.47. The van der Waals surface area contributed by atoms with Crippen molar-refractivity contribution < 1.29 is 14.0 Å². The van der Waals surface area contributed by atoms with Gasteiger partial charge in [0.25, 0.3) is 17.4 Å². The van der Waals surface area contributed by atoms with E-state index in [2.05, 4.69) is 5.32 Å². The zero-order valence-corrected chi connectivity index (χ0v) is 13.8. The quantitative estimate of drug-likeness (QED) is 0.927. The third-order valence-electron chi connectivity index (χ3n) is 4.16. The first-order chi connectivity index (χ1) is 12.0. The fourth-order valence-electron chi connectivity index (χ4n) is 2.85. The molecule has 1 aliphatic heterocycles. The van der Waals surface area contributed by atoms with Crippen LogP contribution in [0.15, 0.2) is 41.3 Å². The van der Waals surface area contributed by atoms with Gasteiger partial charge < -0.3 is 14.8 Å². The predicted molar refractivity (Wildman–Crippen MR) is 91.2 cm³/mol. The molecule has 1 N–H and O–H groups in total. The second-order valence-corrected chi connectivity index (χ2v) is 6.02. The minimum atomic E-state index is -0.609. The minimum Gasteiger partial charge on any atom is -0.339 e. The highest BCUT2D eigenvalue weighted by atomic mass is 19.1. The van der Waals surface area contributed by atoms with Crippen molar-refractivity contribution >= 4 is 17.5 Å². The van der Waals surface area contributed by atoms with Crippen LogP contribution in [0.4, 0.5) is 10.1 Å². The Morgan fingerprint density at radius 1 is 1.12 bits per heavy atom. The van der Waals surface area contributed by atoms with Gasteiger partial charge in [0.1, 0.15) is 11.5 Å². The summed E-state index contributed by atoms with van der Waals surface area (Å²) in [5.74, 6) is -1.32. The smallest absolute Gasteiger partial charge is 0.274 e. The highest BCUT2D eigenvalue weighted by molar-refractivity contribution is 6.05. The number of halogens is 1. The van der Waals surface area contributed by atoms with Gasteiger partial charge in [-0.25, -0.2) is 4.39 Å². The lowest BCUT2D eigenvalue weighted by atomic mass is 10.2. The van der Waals surface area contributed by atoms with Crippen LogP contribution in [0.25, 0.3) is 0 Å². The first-order valence-electron chi connectivity index (χ1n) is 8.02. The fraction of sp³-hybridized carbons (Fsp3) is 0.278. The summed E-state index contributed by atoms with van der Waals surface area (Å²) in [7, 11) is 1.51. The van der Waals surface area contributed by atoms with Gasteiger partial charge in [0.2, 0.25) is 0 Å². The van der Waals surface area contributed by atoms with Crippen molar-refractivity contribution in [1.29, 1.82) is 0 Å². The molecule has 0 aliphatic carbocycles. The van der Waals surface area contributed by atoms with Crippen molar-refractivity contribution in [2.24, 2.45) is 7.05 Å². The van der Waals surface area contributed by atoms with Crippen LogP contribution in [0.1, 0.15) is 33.6 Å². The van der Waals surface area contributed by atoms with E-state index >= 15 is 0 Å². The molecule has 3 rings (SSSR count). The lowest BCUT2D eigenvalue weighted by Gasteiger charge is -2.16. The van der Waals surface area contributed by atoms with Crippen LogP contribution < -0.4 is 10.9 Å². The number of hydrogen-bond donors (Lipinski definition) is 1. The number of hydrogen-bond acceptors (Lipinski definition) is 3. The third-order valence-corrected chi connectivity index (χ3v) is 4.16. The minimum absolute atomic E-state index is 0.0122. The number of rotatable bonds is 3. The van der Waals surface area contributed by atoms with Gasteiger partial charge in [0, 0.05) is 31.9 Å². The van der Waals surface area contributed by atoms with Gasteiger partial charge in [-0.2, -0.15) is 0 Å². The van der Waals surface area contributed by atoms with Crippen molar-refractivity contribution in [2.45, 2.75) is 12.8 Å². The van der Waals surface area contributed by atoms with E-state index in [9.17, 15) is 18.8 Å². The van der Waals surface area contributed by atoms with Crippen molar-refractivity contribution in [3.05, 3.63) is 63.8 Å². The monoisotopic (exact) mass is 343 g/mol. The Labute approximate surface area is 143 Å². The van der Waals surface area contributed by atoms with E-state index in [4.69, 9.17) is 0 Å². The van der Waals surface area contributed by atoms with Gasteiger partial charge in [0.05, 0.1) is 5.56 Å². The normalized spacial score (nSPS) is 13.8. The maximum absolute atomic E-state index is 13.3. The molecule has 0 saturated carbocycles. The number of benzene rings is 1. The lowest BCUT2D eigenvalue weighted by Crippen LogP contribution is -2.30. The molecule has 7 heteroatoms. The summed E-state index contributed by atoms with van der Waals surface area (Å²) in [6, 6.07) is 6.54. The lowest BCUT2D eigenvalue weighted by molar-refractivity contribution is 0.0791. The highest BCUT2D eigenvalue weighted by Crippen LogP contribution is 2.15. The van der Waals surface area contributed by atoms with Crippen LogP contribution in [0.2, 0.25) is 0 Å². The Kier molecular flexibility index (Phi) is 4.65. The van der Waals surface area contributed by atoms with E-state index in [1.807, 2.05) is 0 Å². The molecule has 1 saturated heterocycles. The molecule has 0 radical (unpaired) electrons. The number of nitrogens with zero attached hydrogens (tertiary/aromatic N) is 2. The summed E-state index contributed by atoms with van der Waals surface area (Å²) in [5.41, 5.74) is -0.0265. The van der Waals surface area contributed by atoms with E-state index < -0.39 is 17.3 Å². The van der Waals surface area contributed by atoms with Crippen LogP contribution in [0.5, 0.6) is 0 Å². The molecule has 2 amide bonds. The molecule has 25 heavy (non-hydrogen) atoms. The zero-order chi connectivity index (χ0) is 18.0. The standard InChI is InChI=1S/C18H18FN3O3/c1-21-11-13(17(24)22-7-2-3-8-22)10-15(18(21)25)20-16(23)12-5-4-6-14(19)9-12/h4-6,9-11H,2-3,7-8H2,1H3,(H,20,23). The maximum Gasteiger partial charge on any atom is 0.274 e. The Bertz CT molecular complexity index is 885. The van der Waals surface area contributed by atoms with E-state index in [-0.39, 0.29) is 17.2 Å². The molecule has 2 heterocycles. The summed E-state index contributed by atoms with van der Waals surface area (Å²) >= 11 is 0. The Hall–Kier alpha value is -2.96. The van der Waals surface area contributed by atoms with Gasteiger partial charge in [-0.05, 0) is 37.1 Å². The Morgan fingerprint density at radius 3 is 2.52 bits per heavy atom. The van der Waals surface area contributed by atoms with Gasteiger partial charge in [-0.3, -0.25) is 14.4 Å². The molecule has 1 aliphatic rings. The molecule has 1 aromatic heterocycles. The maximum atomic E-state index is 13.3. The Balaban J connectivity index is 1.89. The van der Waals surface area contributed by atoms with E-state index in [0.717, 1.165) is 18.9 Å². The van der Waals surface area contributed by atoms with Crippen molar-refractivity contribution in [2.75, 3.05) is 18.4 Å². The van der Waals surface area contributed by atoms with Crippen LogP contribution in [0, 0.1) is 5.82 Å². The largest absolute Gasteiger partial charge is 0.339 e. The summed E-state index contributed by atoms with van der Waals surface area (Å²) in [6.45, 7) is 1.37. The fourth-order valence-corrected chi connectivity index (χ4v) is 2.85. The summed E-state index contributed by atoms with van der Waals surface area (Å²) < 4.78 is 14.5. The summed E-state index contributed by atoms with van der Waals surface area (Å²) in [6.07, 6.45) is 3.38. The molecule has 1 aromatic carbocycles. The number of carbonyl (C=O) groups excluding carboxylic acids is 2. The van der Waals surface area contributed by atoms with Gasteiger partial charge in [-0.1, -0.05) is 6.07 Å². The van der Waals surface area contributed by atoms with Gasteiger partial charge in [-0.15, -0.1) is 0 Å². The average molecular weight is 343 g/mol. The molecule has 1 fully saturated rings. The van der Waals surface area contributed by atoms with Crippen LogP contribution in [-0.4, -0.2) is 34.4 Å². The topological polar surface area (TPSA) is 71.4 Å². The third kappa shape index (κ3) is 3.60. The molecule has 0 bridgehead atoms. The second-order valence-electron chi connectivity index (χ2n) is 6.02. The highest BCUT2D eigenvalue weighted by Gasteiger charge is 2.21. The number of aryl methyl sites for hydroxylation is 1. The van der Waals surface area contributed by atoms with Gasteiger partial charge >= 0.3 is 0 Å². The average Bonchev–Trinajstić information content (AvgIpc) is 3.12. The molecular formula is C18H18FN3O3. The number of carbonyl (C=O) groups is 2. The molecule has 130 valence electrons. The van der Waals surface area contributed by atoms with Crippen LogP contribution in [0.3, 0.4) is 0 Å². The van der Waals surface area contributed by atoms with Crippen molar-refractivity contribution in [3.63, 3.8) is 0 Å². The molecule has 2 aromatic rings. The van der Waals surface area contributed by atoms with Crippen molar-refractivity contribution in [1.82, 2.24) is 9.47 Å². The predicted octanol–water partition coefficient (Wildman–Crippen LogP) is 2.01. The molecule has 0 unspecified atom stereocenters. The number of nitrogens with one attached hydrogen (secondary N) is 1. The van der Waals surface area contributed by atoms with Crippen LogP contribution >= 0.6 is 0 Å².